The van der Waals surface area contributed by atoms with Crippen molar-refractivity contribution in [2.75, 3.05) is 5.32 Å². The molecule has 0 saturated heterocycles. The van der Waals surface area contributed by atoms with Crippen LogP contribution in [-0.4, -0.2) is 9.97 Å². The average Bonchev–Trinajstić information content (AvgIpc) is 2.73. The predicted octanol–water partition coefficient (Wildman–Crippen LogP) is 2.33. The van der Waals surface area contributed by atoms with E-state index in [2.05, 4.69) is 21.4 Å². The SMILES string of the molecule is Cc1ncc(CNc2cccnc2C#N)s1. The first-order valence-corrected chi connectivity index (χ1v) is 5.61. The number of pyridine rings is 1. The van der Waals surface area contributed by atoms with E-state index in [1.807, 2.05) is 19.2 Å². The summed E-state index contributed by atoms with van der Waals surface area (Å²) in [4.78, 5) is 9.29. The monoisotopic (exact) mass is 230 g/mol. The zero-order chi connectivity index (χ0) is 11.4. The summed E-state index contributed by atoms with van der Waals surface area (Å²) in [5.74, 6) is 0. The fourth-order valence-corrected chi connectivity index (χ4v) is 2.04. The van der Waals surface area contributed by atoms with Crippen LogP contribution in [0.25, 0.3) is 0 Å². The Kier molecular flexibility index (Phi) is 3.13. The van der Waals surface area contributed by atoms with E-state index in [4.69, 9.17) is 5.26 Å². The van der Waals surface area contributed by atoms with Crippen LogP contribution in [0, 0.1) is 18.3 Å². The highest BCUT2D eigenvalue weighted by Crippen LogP contribution is 2.16. The molecule has 0 atom stereocenters. The Balaban J connectivity index is 2.08. The molecule has 0 aromatic carbocycles. The van der Waals surface area contributed by atoms with Gasteiger partial charge >= 0.3 is 0 Å². The molecule has 2 rings (SSSR count). The van der Waals surface area contributed by atoms with E-state index in [1.54, 1.807) is 23.6 Å². The summed E-state index contributed by atoms with van der Waals surface area (Å²) in [6.45, 7) is 2.64. The van der Waals surface area contributed by atoms with Crippen LogP contribution in [0.1, 0.15) is 15.6 Å². The zero-order valence-electron chi connectivity index (χ0n) is 8.77. The van der Waals surface area contributed by atoms with Crippen molar-refractivity contribution >= 4 is 17.0 Å². The first-order chi connectivity index (χ1) is 7.79. The van der Waals surface area contributed by atoms with Crippen molar-refractivity contribution in [1.29, 1.82) is 5.26 Å². The molecule has 5 heteroatoms. The highest BCUT2D eigenvalue weighted by Gasteiger charge is 2.02. The largest absolute Gasteiger partial charge is 0.378 e. The molecule has 4 nitrogen and oxygen atoms in total. The van der Waals surface area contributed by atoms with Crippen LogP contribution in [0.2, 0.25) is 0 Å². The molecule has 1 N–H and O–H groups in total. The van der Waals surface area contributed by atoms with Gasteiger partial charge in [0, 0.05) is 17.3 Å². The van der Waals surface area contributed by atoms with E-state index < -0.39 is 0 Å². The molecule has 0 unspecified atom stereocenters. The van der Waals surface area contributed by atoms with Gasteiger partial charge in [0.05, 0.1) is 17.2 Å². The number of nitriles is 1. The molecule has 2 heterocycles. The first kappa shape index (κ1) is 10.6. The second kappa shape index (κ2) is 4.73. The van der Waals surface area contributed by atoms with Gasteiger partial charge in [0.2, 0.25) is 0 Å². The molecule has 0 aliphatic rings. The van der Waals surface area contributed by atoms with E-state index in [9.17, 15) is 0 Å². The Morgan fingerprint density at radius 1 is 1.50 bits per heavy atom. The van der Waals surface area contributed by atoms with E-state index in [0.717, 1.165) is 15.6 Å². The fourth-order valence-electron chi connectivity index (χ4n) is 1.31. The van der Waals surface area contributed by atoms with E-state index in [-0.39, 0.29) is 0 Å². The number of rotatable bonds is 3. The summed E-state index contributed by atoms with van der Waals surface area (Å²) < 4.78 is 0. The Morgan fingerprint density at radius 3 is 3.06 bits per heavy atom. The van der Waals surface area contributed by atoms with Crippen LogP contribution in [0.3, 0.4) is 0 Å². The van der Waals surface area contributed by atoms with Gasteiger partial charge in [0.1, 0.15) is 6.07 Å². The van der Waals surface area contributed by atoms with Gasteiger partial charge < -0.3 is 5.32 Å². The lowest BCUT2D eigenvalue weighted by atomic mass is 10.3. The number of aryl methyl sites for hydroxylation is 1. The smallest absolute Gasteiger partial charge is 0.163 e. The van der Waals surface area contributed by atoms with Gasteiger partial charge in [0.25, 0.3) is 0 Å². The van der Waals surface area contributed by atoms with E-state index in [1.165, 1.54) is 0 Å². The molecule has 80 valence electrons. The van der Waals surface area contributed by atoms with Gasteiger partial charge in [-0.1, -0.05) is 0 Å². The summed E-state index contributed by atoms with van der Waals surface area (Å²) >= 11 is 1.64. The Labute approximate surface area is 97.6 Å². The Morgan fingerprint density at radius 2 is 2.38 bits per heavy atom. The number of hydrogen-bond acceptors (Lipinski definition) is 5. The molecule has 0 amide bonds. The number of nitrogens with zero attached hydrogens (tertiary/aromatic N) is 3. The maximum atomic E-state index is 8.86. The van der Waals surface area contributed by atoms with Gasteiger partial charge in [-0.05, 0) is 19.1 Å². The molecule has 0 spiro atoms. The van der Waals surface area contributed by atoms with Crippen molar-refractivity contribution in [2.45, 2.75) is 13.5 Å². The third-order valence-electron chi connectivity index (χ3n) is 2.04. The highest BCUT2D eigenvalue weighted by molar-refractivity contribution is 7.11. The number of aromatic nitrogens is 2. The maximum absolute atomic E-state index is 8.86. The van der Waals surface area contributed by atoms with Crippen LogP contribution in [0.4, 0.5) is 5.69 Å². The molecular formula is C11H10N4S. The molecule has 0 bridgehead atoms. The minimum absolute atomic E-state index is 0.420. The van der Waals surface area contributed by atoms with Crippen molar-refractivity contribution < 1.29 is 0 Å². The third kappa shape index (κ3) is 2.35. The van der Waals surface area contributed by atoms with Crippen molar-refractivity contribution in [1.82, 2.24) is 9.97 Å². The fraction of sp³-hybridized carbons (Fsp3) is 0.182. The standard InChI is InChI=1S/C11H10N4S/c1-8-14-6-9(16-8)7-15-10-3-2-4-13-11(10)5-12/h2-4,6,15H,7H2,1H3. The quantitative estimate of drug-likeness (QED) is 0.879. The number of thiazole rings is 1. The van der Waals surface area contributed by atoms with Gasteiger partial charge in [-0.2, -0.15) is 5.26 Å². The molecule has 0 aliphatic carbocycles. The molecule has 16 heavy (non-hydrogen) atoms. The van der Waals surface area contributed by atoms with Crippen LogP contribution in [0.5, 0.6) is 0 Å². The van der Waals surface area contributed by atoms with Crippen molar-refractivity contribution in [3.05, 3.63) is 40.1 Å². The second-order valence-corrected chi connectivity index (χ2v) is 4.53. The molecule has 2 aromatic heterocycles. The normalized spacial score (nSPS) is 9.75. The molecular weight excluding hydrogens is 220 g/mol. The van der Waals surface area contributed by atoms with Crippen LogP contribution in [0.15, 0.2) is 24.5 Å². The summed E-state index contributed by atoms with van der Waals surface area (Å²) in [6, 6.07) is 5.70. The molecule has 0 aliphatic heterocycles. The van der Waals surface area contributed by atoms with Crippen molar-refractivity contribution in [3.8, 4) is 6.07 Å². The summed E-state index contributed by atoms with van der Waals surface area (Å²) in [5.41, 5.74) is 1.18. The van der Waals surface area contributed by atoms with E-state index >= 15 is 0 Å². The number of nitrogens with one attached hydrogen (secondary N) is 1. The first-order valence-electron chi connectivity index (χ1n) is 4.80. The number of anilines is 1. The van der Waals surface area contributed by atoms with E-state index in [0.29, 0.717) is 12.2 Å². The zero-order valence-corrected chi connectivity index (χ0v) is 9.58. The third-order valence-corrected chi connectivity index (χ3v) is 2.95. The molecule has 0 fully saturated rings. The highest BCUT2D eigenvalue weighted by atomic mass is 32.1. The second-order valence-electron chi connectivity index (χ2n) is 3.21. The lowest BCUT2D eigenvalue weighted by molar-refractivity contribution is 1.14. The molecule has 0 radical (unpaired) electrons. The minimum Gasteiger partial charge on any atom is -0.378 e. The summed E-state index contributed by atoms with van der Waals surface area (Å²) in [6.07, 6.45) is 3.45. The Bertz CT molecular complexity index is 527. The lowest BCUT2D eigenvalue weighted by Crippen LogP contribution is -2.00. The van der Waals surface area contributed by atoms with Crippen LogP contribution < -0.4 is 5.32 Å². The maximum Gasteiger partial charge on any atom is 0.163 e. The molecule has 0 saturated carbocycles. The Hall–Kier alpha value is -1.93. The topological polar surface area (TPSA) is 61.6 Å². The van der Waals surface area contributed by atoms with Crippen LogP contribution >= 0.6 is 11.3 Å². The van der Waals surface area contributed by atoms with Crippen molar-refractivity contribution in [3.63, 3.8) is 0 Å². The van der Waals surface area contributed by atoms with Gasteiger partial charge in [-0.3, -0.25) is 0 Å². The lowest BCUT2D eigenvalue weighted by Gasteiger charge is -2.04. The van der Waals surface area contributed by atoms with Gasteiger partial charge in [0.15, 0.2) is 5.69 Å². The average molecular weight is 230 g/mol. The van der Waals surface area contributed by atoms with Crippen molar-refractivity contribution in [2.24, 2.45) is 0 Å². The van der Waals surface area contributed by atoms with Gasteiger partial charge in [-0.25, -0.2) is 9.97 Å². The summed E-state index contributed by atoms with van der Waals surface area (Å²) in [7, 11) is 0. The molecule has 2 aromatic rings. The predicted molar refractivity (Wildman–Crippen MR) is 63.1 cm³/mol. The number of hydrogen-bond donors (Lipinski definition) is 1. The van der Waals surface area contributed by atoms with Gasteiger partial charge in [-0.15, -0.1) is 11.3 Å². The summed E-state index contributed by atoms with van der Waals surface area (Å²) in [5, 5.41) is 13.1. The minimum atomic E-state index is 0.420. The van der Waals surface area contributed by atoms with Crippen LogP contribution in [-0.2, 0) is 6.54 Å².